The molecule has 0 aromatic heterocycles. The lowest BCUT2D eigenvalue weighted by Crippen LogP contribution is -2.23. The fraction of sp³-hybridized carbons (Fsp3) is 0.500. The van der Waals surface area contributed by atoms with Gasteiger partial charge in [-0.05, 0) is 17.9 Å². The molecule has 82 valence electrons. The van der Waals surface area contributed by atoms with Gasteiger partial charge in [0.1, 0.15) is 0 Å². The Labute approximate surface area is 100 Å². The fourth-order valence-electron chi connectivity index (χ4n) is 1.85. The number of rotatable bonds is 5. The van der Waals surface area contributed by atoms with E-state index in [0.717, 1.165) is 13.1 Å². The van der Waals surface area contributed by atoms with Gasteiger partial charge in [0.25, 0.3) is 0 Å². The van der Waals surface area contributed by atoms with Gasteiger partial charge in [0.05, 0.1) is 0 Å². The van der Waals surface area contributed by atoms with Gasteiger partial charge < -0.3 is 5.32 Å². The Hall–Kier alpha value is -0.120. The van der Waals surface area contributed by atoms with Crippen LogP contribution in [0.5, 0.6) is 0 Å². The van der Waals surface area contributed by atoms with E-state index in [0.29, 0.717) is 5.92 Å². The molecule has 0 radical (unpaired) electrons. The van der Waals surface area contributed by atoms with Crippen molar-refractivity contribution in [3.63, 3.8) is 0 Å². The summed E-state index contributed by atoms with van der Waals surface area (Å²) in [5.74, 6) is 3.17. The SMILES string of the molecule is CSCCNCC1CSc2ccccc21. The molecule has 2 rings (SSSR count). The van der Waals surface area contributed by atoms with E-state index in [1.54, 1.807) is 5.56 Å². The van der Waals surface area contributed by atoms with E-state index in [1.807, 2.05) is 23.5 Å². The van der Waals surface area contributed by atoms with Gasteiger partial charge in [-0.25, -0.2) is 0 Å². The molecule has 3 heteroatoms. The van der Waals surface area contributed by atoms with E-state index < -0.39 is 0 Å². The van der Waals surface area contributed by atoms with Crippen molar-refractivity contribution in [1.29, 1.82) is 0 Å². The van der Waals surface area contributed by atoms with Crippen LogP contribution in [0.4, 0.5) is 0 Å². The van der Waals surface area contributed by atoms with Crippen LogP contribution < -0.4 is 5.32 Å². The maximum atomic E-state index is 3.53. The second-order valence-corrected chi connectivity index (χ2v) is 5.79. The van der Waals surface area contributed by atoms with Crippen molar-refractivity contribution in [1.82, 2.24) is 5.32 Å². The minimum absolute atomic E-state index is 0.716. The lowest BCUT2D eigenvalue weighted by molar-refractivity contribution is 0.645. The van der Waals surface area contributed by atoms with E-state index >= 15 is 0 Å². The van der Waals surface area contributed by atoms with Crippen LogP contribution >= 0.6 is 23.5 Å². The zero-order valence-corrected chi connectivity index (χ0v) is 10.7. The molecule has 15 heavy (non-hydrogen) atoms. The Morgan fingerprint density at radius 3 is 3.20 bits per heavy atom. The van der Waals surface area contributed by atoms with E-state index in [-0.39, 0.29) is 0 Å². The lowest BCUT2D eigenvalue weighted by atomic mass is 10.0. The minimum Gasteiger partial charge on any atom is -0.315 e. The third-order valence-electron chi connectivity index (χ3n) is 2.67. The number of hydrogen-bond acceptors (Lipinski definition) is 3. The Morgan fingerprint density at radius 1 is 1.47 bits per heavy atom. The predicted octanol–water partition coefficient (Wildman–Crippen LogP) is 2.83. The average molecular weight is 239 g/mol. The van der Waals surface area contributed by atoms with Crippen molar-refractivity contribution in [2.75, 3.05) is 30.9 Å². The highest BCUT2D eigenvalue weighted by molar-refractivity contribution is 7.99. The molecule has 0 saturated carbocycles. The Morgan fingerprint density at radius 2 is 2.33 bits per heavy atom. The zero-order chi connectivity index (χ0) is 10.5. The zero-order valence-electron chi connectivity index (χ0n) is 9.03. The standard InChI is InChI=1S/C12H17NS2/c1-14-7-6-13-8-10-9-15-12-5-3-2-4-11(10)12/h2-5,10,13H,6-9H2,1H3. The summed E-state index contributed by atoms with van der Waals surface area (Å²) in [7, 11) is 0. The van der Waals surface area contributed by atoms with Crippen molar-refractivity contribution >= 4 is 23.5 Å². The van der Waals surface area contributed by atoms with E-state index in [1.165, 1.54) is 16.4 Å². The van der Waals surface area contributed by atoms with Gasteiger partial charge in [-0.1, -0.05) is 18.2 Å². The summed E-state index contributed by atoms with van der Waals surface area (Å²) in [6, 6.07) is 8.80. The summed E-state index contributed by atoms with van der Waals surface area (Å²) in [4.78, 5) is 1.48. The molecular weight excluding hydrogens is 222 g/mol. The fourth-order valence-corrected chi connectivity index (χ4v) is 3.45. The van der Waals surface area contributed by atoms with Gasteiger partial charge >= 0.3 is 0 Å². The molecule has 0 aliphatic carbocycles. The van der Waals surface area contributed by atoms with Crippen LogP contribution in [0.3, 0.4) is 0 Å². The highest BCUT2D eigenvalue weighted by atomic mass is 32.2. The number of benzene rings is 1. The maximum absolute atomic E-state index is 3.53. The molecule has 0 saturated heterocycles. The molecule has 0 fully saturated rings. The molecule has 1 aromatic rings. The molecule has 1 heterocycles. The van der Waals surface area contributed by atoms with Crippen LogP contribution in [0.15, 0.2) is 29.2 Å². The van der Waals surface area contributed by atoms with Crippen LogP contribution in [-0.2, 0) is 0 Å². The topological polar surface area (TPSA) is 12.0 Å². The molecule has 1 N–H and O–H groups in total. The number of thioether (sulfide) groups is 2. The third kappa shape index (κ3) is 2.92. The highest BCUT2D eigenvalue weighted by Gasteiger charge is 2.21. The first-order valence-electron chi connectivity index (χ1n) is 5.33. The summed E-state index contributed by atoms with van der Waals surface area (Å²) < 4.78 is 0. The summed E-state index contributed by atoms with van der Waals surface area (Å²) >= 11 is 3.90. The highest BCUT2D eigenvalue weighted by Crippen LogP contribution is 2.38. The normalized spacial score (nSPS) is 19.1. The van der Waals surface area contributed by atoms with Crippen molar-refractivity contribution < 1.29 is 0 Å². The molecule has 0 bridgehead atoms. The summed E-state index contributed by atoms with van der Waals surface area (Å²) in [5, 5.41) is 3.53. The predicted molar refractivity (Wildman–Crippen MR) is 71.2 cm³/mol. The molecule has 1 atom stereocenters. The minimum atomic E-state index is 0.716. The van der Waals surface area contributed by atoms with Crippen molar-refractivity contribution in [3.8, 4) is 0 Å². The molecular formula is C12H17NS2. The molecule has 0 amide bonds. The van der Waals surface area contributed by atoms with Gasteiger partial charge in [0, 0.05) is 35.4 Å². The van der Waals surface area contributed by atoms with Crippen LogP contribution in [0.1, 0.15) is 11.5 Å². The molecule has 1 nitrogen and oxygen atoms in total. The van der Waals surface area contributed by atoms with E-state index in [4.69, 9.17) is 0 Å². The first-order valence-corrected chi connectivity index (χ1v) is 7.71. The Balaban J connectivity index is 1.85. The second kappa shape index (κ2) is 5.83. The first-order chi connectivity index (χ1) is 7.42. The Bertz CT molecular complexity index is 314. The molecule has 1 unspecified atom stereocenters. The maximum Gasteiger partial charge on any atom is 0.0108 e. The second-order valence-electron chi connectivity index (χ2n) is 3.74. The quantitative estimate of drug-likeness (QED) is 0.794. The van der Waals surface area contributed by atoms with Crippen LogP contribution in [-0.4, -0.2) is 30.9 Å². The third-order valence-corrected chi connectivity index (χ3v) is 4.54. The van der Waals surface area contributed by atoms with Crippen LogP contribution in [0.25, 0.3) is 0 Å². The average Bonchev–Trinajstić information content (AvgIpc) is 2.68. The van der Waals surface area contributed by atoms with Gasteiger partial charge in [-0.2, -0.15) is 11.8 Å². The summed E-state index contributed by atoms with van der Waals surface area (Å²) in [6.45, 7) is 2.26. The van der Waals surface area contributed by atoms with Crippen molar-refractivity contribution in [2.45, 2.75) is 10.8 Å². The monoisotopic (exact) mass is 239 g/mol. The van der Waals surface area contributed by atoms with Crippen molar-refractivity contribution in [2.24, 2.45) is 0 Å². The summed E-state index contributed by atoms with van der Waals surface area (Å²) in [5.41, 5.74) is 1.54. The smallest absolute Gasteiger partial charge is 0.0108 e. The number of nitrogens with one attached hydrogen (secondary N) is 1. The van der Waals surface area contributed by atoms with Gasteiger partial charge in [-0.15, -0.1) is 11.8 Å². The van der Waals surface area contributed by atoms with Crippen molar-refractivity contribution in [3.05, 3.63) is 29.8 Å². The van der Waals surface area contributed by atoms with E-state index in [2.05, 4.69) is 35.8 Å². The largest absolute Gasteiger partial charge is 0.315 e. The molecule has 1 aromatic carbocycles. The number of fused-ring (bicyclic) bond motifs is 1. The first kappa shape index (κ1) is 11.4. The van der Waals surface area contributed by atoms with Gasteiger partial charge in [0.15, 0.2) is 0 Å². The molecule has 1 aliphatic rings. The molecule has 0 spiro atoms. The van der Waals surface area contributed by atoms with Gasteiger partial charge in [-0.3, -0.25) is 0 Å². The lowest BCUT2D eigenvalue weighted by Gasteiger charge is -2.11. The van der Waals surface area contributed by atoms with E-state index in [9.17, 15) is 0 Å². The Kier molecular flexibility index (Phi) is 4.42. The summed E-state index contributed by atoms with van der Waals surface area (Å²) in [6.07, 6.45) is 2.16. The van der Waals surface area contributed by atoms with Crippen LogP contribution in [0.2, 0.25) is 0 Å². The van der Waals surface area contributed by atoms with Gasteiger partial charge in [0.2, 0.25) is 0 Å². The molecule has 1 aliphatic heterocycles. The number of hydrogen-bond donors (Lipinski definition) is 1. The van der Waals surface area contributed by atoms with Crippen LogP contribution in [0, 0.1) is 0 Å².